The third-order valence-corrected chi connectivity index (χ3v) is 3.77. The highest BCUT2D eigenvalue weighted by Gasteiger charge is 2.10. The zero-order valence-electron chi connectivity index (χ0n) is 12.8. The lowest BCUT2D eigenvalue weighted by Crippen LogP contribution is -2.19. The minimum Gasteiger partial charge on any atom is -0.367 e. The van der Waals surface area contributed by atoms with Crippen LogP contribution in [0.2, 0.25) is 5.15 Å². The molecule has 2 atom stereocenters. The van der Waals surface area contributed by atoms with E-state index in [9.17, 15) is 0 Å². The van der Waals surface area contributed by atoms with Crippen molar-refractivity contribution < 1.29 is 0 Å². The second kappa shape index (κ2) is 7.41. The van der Waals surface area contributed by atoms with E-state index in [-0.39, 0.29) is 0 Å². The molecule has 1 aromatic heterocycles. The number of halogens is 1. The third-order valence-electron chi connectivity index (χ3n) is 3.57. The average molecular weight is 304 g/mol. The van der Waals surface area contributed by atoms with Gasteiger partial charge >= 0.3 is 0 Å². The van der Waals surface area contributed by atoms with Gasteiger partial charge in [-0.3, -0.25) is 0 Å². The molecule has 2 aromatic rings. The van der Waals surface area contributed by atoms with Crippen molar-refractivity contribution in [3.63, 3.8) is 0 Å². The average Bonchev–Trinajstić information content (AvgIpc) is 2.47. The molecule has 3 nitrogen and oxygen atoms in total. The smallest absolute Gasteiger partial charge is 0.163 e. The monoisotopic (exact) mass is 303 g/mol. The van der Waals surface area contributed by atoms with Crippen molar-refractivity contribution in [2.24, 2.45) is 5.92 Å². The highest BCUT2D eigenvalue weighted by molar-refractivity contribution is 6.29. The fourth-order valence-corrected chi connectivity index (χ4v) is 2.47. The van der Waals surface area contributed by atoms with Gasteiger partial charge in [-0.25, -0.2) is 9.97 Å². The molecule has 21 heavy (non-hydrogen) atoms. The Labute approximate surface area is 131 Å². The fourth-order valence-electron chi connectivity index (χ4n) is 2.29. The Balaban J connectivity index is 2.16. The Morgan fingerprint density at radius 3 is 2.52 bits per heavy atom. The molecular weight excluding hydrogens is 282 g/mol. The number of nitrogens with zero attached hydrogens (tertiary/aromatic N) is 2. The van der Waals surface area contributed by atoms with Gasteiger partial charge in [-0.1, -0.05) is 62.2 Å². The quantitative estimate of drug-likeness (QED) is 0.760. The first-order chi connectivity index (χ1) is 10.1. The molecule has 1 aromatic carbocycles. The van der Waals surface area contributed by atoms with E-state index in [0.29, 0.717) is 22.9 Å². The van der Waals surface area contributed by atoms with Crippen molar-refractivity contribution in [1.82, 2.24) is 9.97 Å². The van der Waals surface area contributed by atoms with E-state index in [0.717, 1.165) is 17.8 Å². The highest BCUT2D eigenvalue weighted by atomic mass is 35.5. The van der Waals surface area contributed by atoms with Gasteiger partial charge in [0.05, 0.1) is 0 Å². The van der Waals surface area contributed by atoms with E-state index >= 15 is 0 Å². The summed E-state index contributed by atoms with van der Waals surface area (Å²) < 4.78 is 0. The van der Waals surface area contributed by atoms with E-state index in [4.69, 9.17) is 11.6 Å². The molecule has 0 aliphatic carbocycles. The summed E-state index contributed by atoms with van der Waals surface area (Å²) in [6.07, 6.45) is 2.30. The molecule has 112 valence electrons. The lowest BCUT2D eigenvalue weighted by Gasteiger charge is -2.18. The van der Waals surface area contributed by atoms with Gasteiger partial charge in [0.2, 0.25) is 0 Å². The van der Waals surface area contributed by atoms with Crippen LogP contribution in [0.15, 0.2) is 36.4 Å². The summed E-state index contributed by atoms with van der Waals surface area (Å²) in [5, 5.41) is 3.88. The van der Waals surface area contributed by atoms with Gasteiger partial charge in [-0.15, -0.1) is 0 Å². The molecule has 0 aliphatic rings. The van der Waals surface area contributed by atoms with Gasteiger partial charge in [0, 0.05) is 17.7 Å². The van der Waals surface area contributed by atoms with Crippen LogP contribution in [0.3, 0.4) is 0 Å². The minimum absolute atomic E-state index is 0.356. The maximum Gasteiger partial charge on any atom is 0.163 e. The van der Waals surface area contributed by atoms with E-state index in [1.807, 2.05) is 30.3 Å². The molecule has 4 heteroatoms. The second-order valence-electron chi connectivity index (χ2n) is 5.56. The fraction of sp³-hybridized carbons (Fsp3) is 0.412. The molecule has 0 bridgehead atoms. The van der Waals surface area contributed by atoms with Gasteiger partial charge in [-0.05, 0) is 19.3 Å². The maximum atomic E-state index is 6.13. The van der Waals surface area contributed by atoms with Crippen LogP contribution >= 0.6 is 11.6 Å². The number of hydrogen-bond acceptors (Lipinski definition) is 3. The molecule has 0 saturated heterocycles. The molecule has 2 rings (SSSR count). The Hall–Kier alpha value is -1.61. The molecule has 0 fully saturated rings. The van der Waals surface area contributed by atoms with Crippen molar-refractivity contribution in [2.75, 3.05) is 5.32 Å². The van der Waals surface area contributed by atoms with Crippen molar-refractivity contribution in [1.29, 1.82) is 0 Å². The van der Waals surface area contributed by atoms with Crippen molar-refractivity contribution in [2.45, 2.75) is 39.7 Å². The normalized spacial score (nSPS) is 13.7. The van der Waals surface area contributed by atoms with E-state index in [1.165, 1.54) is 6.42 Å². The van der Waals surface area contributed by atoms with Crippen molar-refractivity contribution >= 4 is 17.4 Å². The van der Waals surface area contributed by atoms with Gasteiger partial charge < -0.3 is 5.32 Å². The molecule has 0 saturated carbocycles. The number of rotatable bonds is 6. The number of anilines is 1. The minimum atomic E-state index is 0.356. The predicted molar refractivity (Wildman–Crippen MR) is 89.6 cm³/mol. The van der Waals surface area contributed by atoms with E-state index < -0.39 is 0 Å². The standard InChI is InChI=1S/C17H22ClN3/c1-4-12(2)10-13(3)19-16-11-15(18)20-17(21-16)14-8-6-5-7-9-14/h5-9,11-13H,4,10H2,1-3H3,(H,19,20,21). The topological polar surface area (TPSA) is 37.8 Å². The summed E-state index contributed by atoms with van der Waals surface area (Å²) in [4.78, 5) is 8.87. The SMILES string of the molecule is CCC(C)CC(C)Nc1cc(Cl)nc(-c2ccccc2)n1. The summed E-state index contributed by atoms with van der Waals surface area (Å²) in [6.45, 7) is 6.65. The van der Waals surface area contributed by atoms with Crippen LogP contribution in [0, 0.1) is 5.92 Å². The lowest BCUT2D eigenvalue weighted by atomic mass is 10.0. The van der Waals surface area contributed by atoms with Crippen LogP contribution in [0.25, 0.3) is 11.4 Å². The molecule has 1 heterocycles. The first kappa shape index (κ1) is 15.8. The van der Waals surface area contributed by atoms with Gasteiger partial charge in [0.1, 0.15) is 11.0 Å². The van der Waals surface area contributed by atoms with Gasteiger partial charge in [-0.2, -0.15) is 0 Å². The Kier molecular flexibility index (Phi) is 5.57. The summed E-state index contributed by atoms with van der Waals surface area (Å²) >= 11 is 6.13. The Morgan fingerprint density at radius 2 is 1.86 bits per heavy atom. The Morgan fingerprint density at radius 1 is 1.14 bits per heavy atom. The number of benzene rings is 1. The van der Waals surface area contributed by atoms with Crippen molar-refractivity contribution in [3.05, 3.63) is 41.6 Å². The zero-order chi connectivity index (χ0) is 15.2. The summed E-state index contributed by atoms with van der Waals surface area (Å²) in [5.74, 6) is 2.13. The molecule has 0 spiro atoms. The van der Waals surface area contributed by atoms with Gasteiger partial charge in [0.25, 0.3) is 0 Å². The van der Waals surface area contributed by atoms with Crippen LogP contribution in [-0.2, 0) is 0 Å². The zero-order valence-corrected chi connectivity index (χ0v) is 13.6. The first-order valence-electron chi connectivity index (χ1n) is 7.45. The number of hydrogen-bond donors (Lipinski definition) is 1. The Bertz CT molecular complexity index is 572. The third kappa shape index (κ3) is 4.71. The van der Waals surface area contributed by atoms with Crippen LogP contribution < -0.4 is 5.32 Å². The predicted octanol–water partition coefficient (Wildman–Crippen LogP) is 5.03. The lowest BCUT2D eigenvalue weighted by molar-refractivity contribution is 0.483. The van der Waals surface area contributed by atoms with Gasteiger partial charge in [0.15, 0.2) is 5.82 Å². The molecule has 0 amide bonds. The molecular formula is C17H22ClN3. The maximum absolute atomic E-state index is 6.13. The van der Waals surface area contributed by atoms with Crippen molar-refractivity contribution in [3.8, 4) is 11.4 Å². The van der Waals surface area contributed by atoms with E-state index in [1.54, 1.807) is 6.07 Å². The number of aromatic nitrogens is 2. The van der Waals surface area contributed by atoms with E-state index in [2.05, 4.69) is 36.1 Å². The number of nitrogens with one attached hydrogen (secondary N) is 1. The van der Waals surface area contributed by atoms with Crippen LogP contribution in [-0.4, -0.2) is 16.0 Å². The van der Waals surface area contributed by atoms with Crippen LogP contribution in [0.5, 0.6) is 0 Å². The van der Waals surface area contributed by atoms with Crippen LogP contribution in [0.1, 0.15) is 33.6 Å². The molecule has 0 aliphatic heterocycles. The first-order valence-corrected chi connectivity index (χ1v) is 7.82. The highest BCUT2D eigenvalue weighted by Crippen LogP contribution is 2.21. The van der Waals surface area contributed by atoms with Crippen LogP contribution in [0.4, 0.5) is 5.82 Å². The largest absolute Gasteiger partial charge is 0.367 e. The molecule has 1 N–H and O–H groups in total. The second-order valence-corrected chi connectivity index (χ2v) is 5.95. The molecule has 2 unspecified atom stereocenters. The summed E-state index contributed by atoms with van der Waals surface area (Å²) in [6, 6.07) is 12.0. The molecule has 0 radical (unpaired) electrons. The summed E-state index contributed by atoms with van der Waals surface area (Å²) in [5.41, 5.74) is 0.970. The summed E-state index contributed by atoms with van der Waals surface area (Å²) in [7, 11) is 0.